The number of fused-ring (bicyclic) bond motifs is 1. The van der Waals surface area contributed by atoms with Crippen molar-refractivity contribution >= 4 is 27.9 Å². The maximum atomic E-state index is 13.1. The summed E-state index contributed by atoms with van der Waals surface area (Å²) in [5, 5.41) is 12.2. The number of aryl methyl sites for hydroxylation is 2. The van der Waals surface area contributed by atoms with Gasteiger partial charge in [0, 0.05) is 7.05 Å². The minimum atomic E-state index is -3.60. The zero-order valence-corrected chi connectivity index (χ0v) is 11.4. The highest BCUT2D eigenvalue weighted by molar-refractivity contribution is 7.19. The van der Waals surface area contributed by atoms with Crippen LogP contribution in [0, 0.1) is 6.92 Å². The van der Waals surface area contributed by atoms with Crippen molar-refractivity contribution in [2.75, 3.05) is 0 Å². The molecule has 3 aromatic rings. The van der Waals surface area contributed by atoms with E-state index in [1.165, 1.54) is 0 Å². The first-order valence-electron chi connectivity index (χ1n) is 5.17. The van der Waals surface area contributed by atoms with E-state index in [1.807, 2.05) is 13.0 Å². The molecule has 19 heavy (non-hydrogen) atoms. The van der Waals surface area contributed by atoms with Gasteiger partial charge >= 0.3 is 5.38 Å². The summed E-state index contributed by atoms with van der Waals surface area (Å²) < 4.78 is 28.8. The van der Waals surface area contributed by atoms with Crippen LogP contribution >= 0.6 is 22.9 Å². The van der Waals surface area contributed by atoms with Gasteiger partial charge in [0.25, 0.3) is 0 Å². The molecular weight excluding hydrogens is 298 g/mol. The van der Waals surface area contributed by atoms with Gasteiger partial charge in [-0.1, -0.05) is 11.3 Å². The lowest BCUT2D eigenvalue weighted by atomic mass is 10.4. The normalized spacial score (nSPS) is 12.5. The maximum absolute atomic E-state index is 13.1. The van der Waals surface area contributed by atoms with E-state index < -0.39 is 11.2 Å². The average molecular weight is 305 g/mol. The van der Waals surface area contributed by atoms with Crippen LogP contribution < -0.4 is 0 Å². The van der Waals surface area contributed by atoms with Crippen LogP contribution in [0.5, 0.6) is 0 Å². The van der Waals surface area contributed by atoms with Crippen molar-refractivity contribution in [3.8, 4) is 10.7 Å². The third-order valence-electron chi connectivity index (χ3n) is 2.47. The van der Waals surface area contributed by atoms with Crippen LogP contribution in [0.25, 0.3) is 15.7 Å². The SMILES string of the molecule is Cc1cc(-c2nn3c(C(F)(F)Cl)nnc3s2)n(C)n1. The van der Waals surface area contributed by atoms with Gasteiger partial charge in [-0.05, 0) is 24.6 Å². The monoisotopic (exact) mass is 304 g/mol. The van der Waals surface area contributed by atoms with Crippen LogP contribution in [0.15, 0.2) is 6.07 Å². The van der Waals surface area contributed by atoms with Gasteiger partial charge in [-0.3, -0.25) is 4.68 Å². The highest BCUT2D eigenvalue weighted by Gasteiger charge is 2.35. The van der Waals surface area contributed by atoms with E-state index in [2.05, 4.69) is 20.4 Å². The summed E-state index contributed by atoms with van der Waals surface area (Å²) in [6, 6.07) is 1.81. The number of nitrogens with zero attached hydrogens (tertiary/aromatic N) is 6. The molecule has 0 fully saturated rings. The molecule has 3 heterocycles. The van der Waals surface area contributed by atoms with Crippen molar-refractivity contribution in [3.05, 3.63) is 17.6 Å². The van der Waals surface area contributed by atoms with E-state index in [0.717, 1.165) is 27.2 Å². The van der Waals surface area contributed by atoms with E-state index in [9.17, 15) is 8.78 Å². The minimum absolute atomic E-state index is 0.254. The van der Waals surface area contributed by atoms with Crippen LogP contribution in [-0.2, 0) is 12.4 Å². The summed E-state index contributed by atoms with van der Waals surface area (Å²) in [5.74, 6) is -0.689. The Hall–Kier alpha value is -1.61. The topological polar surface area (TPSA) is 60.9 Å². The molecule has 10 heteroatoms. The lowest BCUT2D eigenvalue weighted by Gasteiger charge is -2.01. The number of halogens is 3. The average Bonchev–Trinajstić information content (AvgIpc) is 2.88. The third-order valence-corrected chi connectivity index (χ3v) is 3.56. The first kappa shape index (κ1) is 12.4. The van der Waals surface area contributed by atoms with Gasteiger partial charge < -0.3 is 0 Å². The van der Waals surface area contributed by atoms with Crippen LogP contribution in [0.3, 0.4) is 0 Å². The highest BCUT2D eigenvalue weighted by Crippen LogP contribution is 2.33. The molecule has 0 spiro atoms. The predicted molar refractivity (Wildman–Crippen MR) is 65.3 cm³/mol. The molecule has 0 bridgehead atoms. The third kappa shape index (κ3) is 1.98. The molecule has 0 aliphatic heterocycles. The summed E-state index contributed by atoms with van der Waals surface area (Å²) in [5.41, 5.74) is 1.53. The van der Waals surface area contributed by atoms with Crippen molar-refractivity contribution in [3.63, 3.8) is 0 Å². The number of hydrogen-bond donors (Lipinski definition) is 0. The quantitative estimate of drug-likeness (QED) is 0.681. The number of alkyl halides is 3. The van der Waals surface area contributed by atoms with Gasteiger partial charge in [-0.25, -0.2) is 0 Å². The van der Waals surface area contributed by atoms with Crippen molar-refractivity contribution in [1.82, 2.24) is 29.6 Å². The number of hydrogen-bond acceptors (Lipinski definition) is 5. The molecular formula is C9H7ClF2N6S. The first-order valence-corrected chi connectivity index (χ1v) is 6.36. The molecule has 100 valence electrons. The second-order valence-electron chi connectivity index (χ2n) is 3.92. The fraction of sp³-hybridized carbons (Fsp3) is 0.333. The van der Waals surface area contributed by atoms with Crippen molar-refractivity contribution < 1.29 is 8.78 Å². The van der Waals surface area contributed by atoms with Gasteiger partial charge in [0.15, 0.2) is 5.01 Å². The Morgan fingerprint density at radius 3 is 2.63 bits per heavy atom. The zero-order chi connectivity index (χ0) is 13.8. The van der Waals surface area contributed by atoms with Crippen LogP contribution in [-0.4, -0.2) is 29.6 Å². The molecule has 6 nitrogen and oxygen atoms in total. The smallest absolute Gasteiger partial charge is 0.265 e. The second-order valence-corrected chi connectivity index (χ2v) is 5.35. The second kappa shape index (κ2) is 3.94. The van der Waals surface area contributed by atoms with E-state index in [0.29, 0.717) is 5.01 Å². The Morgan fingerprint density at radius 2 is 2.05 bits per heavy atom. The Balaban J connectivity index is 2.18. The maximum Gasteiger partial charge on any atom is 0.383 e. The van der Waals surface area contributed by atoms with Gasteiger partial charge in [0.1, 0.15) is 0 Å². The zero-order valence-electron chi connectivity index (χ0n) is 9.80. The van der Waals surface area contributed by atoms with Crippen LogP contribution in [0.1, 0.15) is 11.5 Å². The van der Waals surface area contributed by atoms with Gasteiger partial charge in [0.2, 0.25) is 10.8 Å². The van der Waals surface area contributed by atoms with E-state index in [4.69, 9.17) is 11.6 Å². The summed E-state index contributed by atoms with van der Waals surface area (Å²) in [6.07, 6.45) is 0. The standard InChI is InChI=1S/C9H7ClF2N6S/c1-4-3-5(17(2)15-4)6-16-18-7(9(10,11)12)13-14-8(18)19-6/h3H,1-2H3. The minimum Gasteiger partial charge on any atom is -0.265 e. The van der Waals surface area contributed by atoms with Gasteiger partial charge in [-0.2, -0.15) is 23.5 Å². The van der Waals surface area contributed by atoms with Crippen molar-refractivity contribution in [2.24, 2.45) is 7.05 Å². The molecule has 0 atom stereocenters. The summed E-state index contributed by atoms with van der Waals surface area (Å²) in [4.78, 5) is 0.254. The Morgan fingerprint density at radius 1 is 1.32 bits per heavy atom. The molecule has 0 aliphatic carbocycles. The molecule has 0 unspecified atom stereocenters. The molecule has 0 N–H and O–H groups in total. The fourth-order valence-corrected chi connectivity index (χ4v) is 2.71. The van der Waals surface area contributed by atoms with Crippen LogP contribution in [0.4, 0.5) is 8.78 Å². The number of rotatable bonds is 2. The molecule has 0 amide bonds. The van der Waals surface area contributed by atoms with Crippen LogP contribution in [0.2, 0.25) is 0 Å². The van der Waals surface area contributed by atoms with Crippen molar-refractivity contribution in [1.29, 1.82) is 0 Å². The van der Waals surface area contributed by atoms with E-state index in [1.54, 1.807) is 11.7 Å². The van der Waals surface area contributed by atoms with E-state index in [-0.39, 0.29) is 4.96 Å². The van der Waals surface area contributed by atoms with Crippen molar-refractivity contribution in [2.45, 2.75) is 12.3 Å². The highest BCUT2D eigenvalue weighted by atomic mass is 35.5. The molecule has 3 rings (SSSR count). The van der Waals surface area contributed by atoms with E-state index >= 15 is 0 Å². The Kier molecular flexibility index (Phi) is 2.58. The Labute approximate surface area is 114 Å². The predicted octanol–water partition coefficient (Wildman–Crippen LogP) is 2.18. The van der Waals surface area contributed by atoms with Gasteiger partial charge in [0.05, 0.1) is 11.4 Å². The molecule has 0 radical (unpaired) electrons. The summed E-state index contributed by atoms with van der Waals surface area (Å²) in [6.45, 7) is 1.84. The Bertz CT molecular complexity index is 755. The number of aromatic nitrogens is 6. The summed E-state index contributed by atoms with van der Waals surface area (Å²) >= 11 is 6.10. The molecule has 0 aromatic carbocycles. The van der Waals surface area contributed by atoms with Gasteiger partial charge in [-0.15, -0.1) is 10.2 Å². The molecule has 0 saturated heterocycles. The fourth-order valence-electron chi connectivity index (χ4n) is 1.71. The molecule has 3 aromatic heterocycles. The molecule has 0 saturated carbocycles. The largest absolute Gasteiger partial charge is 0.383 e. The first-order chi connectivity index (χ1) is 8.86. The molecule has 0 aliphatic rings. The lowest BCUT2D eigenvalue weighted by Crippen LogP contribution is -2.10. The summed E-state index contributed by atoms with van der Waals surface area (Å²) in [7, 11) is 1.75. The lowest BCUT2D eigenvalue weighted by molar-refractivity contribution is 0.0821.